The van der Waals surface area contributed by atoms with Gasteiger partial charge in [0, 0.05) is 36.2 Å². The maximum absolute atomic E-state index is 12.1. The minimum Gasteiger partial charge on any atom is -0.689 e. The lowest BCUT2D eigenvalue weighted by molar-refractivity contribution is -0.174. The Morgan fingerprint density at radius 3 is 2.51 bits per heavy atom. The van der Waals surface area contributed by atoms with E-state index in [1.54, 1.807) is 16.8 Å². The normalized spacial score (nSPS) is 19.8. The minimum absolute atomic E-state index is 0.0188. The standard InChI is InChI=1S/C32H41N4O3/c1-23-7-16-31(37)36(21-23)28-14-10-25(11-15-28)6-4-5-17-34-20-30(33)27-12-8-26(9-13-27)22-35(3)29-18-24(2)39-32(38)19-29/h7-16,20-21,24,29,32,38H,4-6,17-19,22,33H2,1-3H3/q-1/p+1/b30-20-/t24-,29+,32-/m1/s1. The topological polar surface area (TPSA) is 97.5 Å². The van der Waals surface area contributed by atoms with Gasteiger partial charge in [0.25, 0.3) is 11.8 Å². The molecule has 0 amide bonds. The zero-order chi connectivity index (χ0) is 27.8. The zero-order valence-corrected chi connectivity index (χ0v) is 23.3. The minimum atomic E-state index is -0.429. The highest BCUT2D eigenvalue weighted by Crippen LogP contribution is 2.23. The van der Waals surface area contributed by atoms with Crippen LogP contribution >= 0.6 is 0 Å². The van der Waals surface area contributed by atoms with Crippen molar-refractivity contribution in [2.45, 2.75) is 70.9 Å². The van der Waals surface area contributed by atoms with Gasteiger partial charge in [-0.2, -0.15) is 6.20 Å². The summed E-state index contributed by atoms with van der Waals surface area (Å²) in [6.07, 6.45) is 8.05. The highest BCUT2D eigenvalue weighted by molar-refractivity contribution is 5.64. The molecule has 0 aliphatic carbocycles. The molecule has 208 valence electrons. The van der Waals surface area contributed by atoms with Crippen molar-refractivity contribution in [3.05, 3.63) is 111 Å². The highest BCUT2D eigenvalue weighted by atomic mass is 16.6. The van der Waals surface area contributed by atoms with Crippen LogP contribution in [0.5, 0.6) is 0 Å². The average Bonchev–Trinajstić information content (AvgIpc) is 2.92. The summed E-state index contributed by atoms with van der Waals surface area (Å²) in [5.41, 5.74) is 12.3. The summed E-state index contributed by atoms with van der Waals surface area (Å²) in [7, 11) is 2.12. The first-order valence-electron chi connectivity index (χ1n) is 13.9. The Hall–Kier alpha value is -3.39. The fourth-order valence-electron chi connectivity index (χ4n) is 5.09. The van der Waals surface area contributed by atoms with Gasteiger partial charge in [0.05, 0.1) is 12.5 Å². The summed E-state index contributed by atoms with van der Waals surface area (Å²) in [6.45, 7) is 5.61. The lowest BCUT2D eigenvalue weighted by atomic mass is 10.0. The Bertz CT molecular complexity index is 1270. The Kier molecular flexibility index (Phi) is 9.98. The summed E-state index contributed by atoms with van der Waals surface area (Å²) in [5, 5.41) is 12.5. The van der Waals surface area contributed by atoms with Crippen molar-refractivity contribution < 1.29 is 9.84 Å². The van der Waals surface area contributed by atoms with Gasteiger partial charge in [-0.05, 0) is 68.1 Å². The molecule has 1 aliphatic rings. The van der Waals surface area contributed by atoms with E-state index in [9.17, 15) is 4.79 Å². The molecular formula is C32H42N4O3. The molecule has 3 atom stereocenters. The third-order valence-corrected chi connectivity index (χ3v) is 7.34. The molecule has 1 saturated heterocycles. The van der Waals surface area contributed by atoms with Crippen LogP contribution in [0.2, 0.25) is 0 Å². The van der Waals surface area contributed by atoms with Crippen LogP contribution < -0.4 is 11.3 Å². The summed E-state index contributed by atoms with van der Waals surface area (Å²) in [4.78, 5) is 14.4. The molecule has 0 bridgehead atoms. The van der Waals surface area contributed by atoms with E-state index in [-0.39, 0.29) is 11.7 Å². The van der Waals surface area contributed by atoms with Gasteiger partial charge < -0.3 is 20.9 Å². The molecular weight excluding hydrogens is 488 g/mol. The van der Waals surface area contributed by atoms with Crippen LogP contribution in [-0.2, 0) is 17.7 Å². The predicted molar refractivity (Wildman–Crippen MR) is 159 cm³/mol. The van der Waals surface area contributed by atoms with Crippen molar-refractivity contribution in [2.24, 2.45) is 5.73 Å². The number of unbranched alkanes of at least 4 members (excludes halogenated alkanes) is 1. The van der Waals surface area contributed by atoms with Crippen LogP contribution in [0.15, 0.2) is 77.9 Å². The van der Waals surface area contributed by atoms with Gasteiger partial charge in [0.1, 0.15) is 0 Å². The Morgan fingerprint density at radius 1 is 1.08 bits per heavy atom. The molecule has 7 nitrogen and oxygen atoms in total. The Labute approximate surface area is 231 Å². The third-order valence-electron chi connectivity index (χ3n) is 7.34. The summed E-state index contributed by atoms with van der Waals surface area (Å²) >= 11 is 0. The molecule has 39 heavy (non-hydrogen) atoms. The highest BCUT2D eigenvalue weighted by Gasteiger charge is 2.30. The van der Waals surface area contributed by atoms with Gasteiger partial charge in [0.15, 0.2) is 0 Å². The van der Waals surface area contributed by atoms with Gasteiger partial charge in [-0.3, -0.25) is 14.3 Å². The van der Waals surface area contributed by atoms with E-state index in [0.29, 0.717) is 11.7 Å². The molecule has 3 aromatic rings. The number of pyridine rings is 1. The van der Waals surface area contributed by atoms with E-state index in [1.807, 2.05) is 38.2 Å². The lowest BCUT2D eigenvalue weighted by Crippen LogP contribution is -2.42. The Morgan fingerprint density at radius 2 is 1.79 bits per heavy atom. The number of ether oxygens (including phenoxy) is 1. The molecule has 0 radical (unpaired) electrons. The number of rotatable bonds is 11. The molecule has 1 aromatic heterocycles. The van der Waals surface area contributed by atoms with E-state index in [4.69, 9.17) is 15.6 Å². The van der Waals surface area contributed by atoms with Crippen molar-refractivity contribution in [1.82, 2.24) is 9.47 Å². The van der Waals surface area contributed by atoms with Crippen LogP contribution in [0.3, 0.4) is 0 Å². The number of hydrogen-bond acceptors (Lipinski definition) is 4. The van der Waals surface area contributed by atoms with Crippen LogP contribution in [0, 0.1) is 6.92 Å². The van der Waals surface area contributed by atoms with E-state index in [0.717, 1.165) is 62.0 Å². The second-order valence-corrected chi connectivity index (χ2v) is 10.7. The molecule has 0 spiro atoms. The number of benzene rings is 2. The van der Waals surface area contributed by atoms with Crippen LogP contribution in [0.25, 0.3) is 16.7 Å². The van der Waals surface area contributed by atoms with Crippen molar-refractivity contribution >= 4 is 5.70 Å². The van der Waals surface area contributed by atoms with E-state index in [2.05, 4.69) is 53.7 Å². The van der Waals surface area contributed by atoms with Gasteiger partial charge in [0.2, 0.25) is 0 Å². The van der Waals surface area contributed by atoms with Gasteiger partial charge in [-0.25, -0.2) is 0 Å². The molecule has 2 heterocycles. The molecule has 1 fully saturated rings. The van der Waals surface area contributed by atoms with Gasteiger partial charge >= 0.3 is 0 Å². The molecule has 4 N–H and O–H groups in total. The summed E-state index contributed by atoms with van der Waals surface area (Å²) in [6, 6.07) is 20.3. The SMILES string of the molecule is Cc1ccc(=O)n(-c2ccc(CCCC[N-]/C=C(\N)c3ccc(CN(C)[C@H]4C[C@@H](C)O[C@@H]([OH2+])C4)cc3)cc2)c1. The number of aryl methyl sites for hydroxylation is 2. The second kappa shape index (κ2) is 13.6. The quantitative estimate of drug-likeness (QED) is 0.283. The van der Waals surface area contributed by atoms with Gasteiger partial charge in [-0.1, -0.05) is 55.3 Å². The van der Waals surface area contributed by atoms with E-state index >= 15 is 0 Å². The number of aromatic nitrogens is 1. The van der Waals surface area contributed by atoms with E-state index < -0.39 is 6.29 Å². The Balaban J connectivity index is 1.17. The first-order chi connectivity index (χ1) is 18.8. The first-order valence-corrected chi connectivity index (χ1v) is 13.9. The number of hydrogen-bond donors (Lipinski definition) is 1. The summed E-state index contributed by atoms with van der Waals surface area (Å²) < 4.78 is 7.24. The first kappa shape index (κ1) is 28.6. The van der Waals surface area contributed by atoms with Crippen LogP contribution in [0.1, 0.15) is 54.9 Å². The monoisotopic (exact) mass is 530 g/mol. The van der Waals surface area contributed by atoms with Gasteiger partial charge in [-0.15, -0.1) is 6.54 Å². The van der Waals surface area contributed by atoms with Crippen LogP contribution in [-0.4, -0.2) is 46.6 Å². The van der Waals surface area contributed by atoms with Crippen molar-refractivity contribution in [3.63, 3.8) is 0 Å². The summed E-state index contributed by atoms with van der Waals surface area (Å²) in [5.74, 6) is 0. The molecule has 0 unspecified atom stereocenters. The number of nitrogens with two attached hydrogens (primary N) is 1. The van der Waals surface area contributed by atoms with Crippen molar-refractivity contribution in [1.29, 1.82) is 0 Å². The fourth-order valence-corrected chi connectivity index (χ4v) is 5.09. The maximum Gasteiger partial charge on any atom is 0.265 e. The second-order valence-electron chi connectivity index (χ2n) is 10.7. The van der Waals surface area contributed by atoms with Crippen molar-refractivity contribution in [2.75, 3.05) is 13.6 Å². The van der Waals surface area contributed by atoms with Crippen LogP contribution in [0.4, 0.5) is 0 Å². The number of nitrogens with zero attached hydrogens (tertiary/aromatic N) is 3. The lowest BCUT2D eigenvalue weighted by Gasteiger charge is -2.34. The molecule has 7 heteroatoms. The molecule has 4 rings (SSSR count). The third kappa shape index (κ3) is 8.30. The predicted octanol–water partition coefficient (Wildman–Crippen LogP) is 4.85. The van der Waals surface area contributed by atoms with E-state index in [1.165, 1.54) is 11.1 Å². The molecule has 1 aliphatic heterocycles. The molecule has 0 saturated carbocycles. The maximum atomic E-state index is 12.1. The smallest absolute Gasteiger partial charge is 0.265 e. The molecule has 2 aromatic carbocycles. The largest absolute Gasteiger partial charge is 0.689 e. The average molecular weight is 531 g/mol. The zero-order valence-electron chi connectivity index (χ0n) is 23.3. The fraction of sp³-hybridized carbons (Fsp3) is 0.406. The van der Waals surface area contributed by atoms with Crippen molar-refractivity contribution in [3.8, 4) is 5.69 Å².